The largest absolute Gasteiger partial charge is 0.496 e. The highest BCUT2D eigenvalue weighted by Crippen LogP contribution is 2.31. The number of benzene rings is 1. The smallest absolute Gasteiger partial charge is 0.129 e. The zero-order valence-electron chi connectivity index (χ0n) is 12.1. The van der Waals surface area contributed by atoms with Crippen molar-refractivity contribution in [3.63, 3.8) is 0 Å². The summed E-state index contributed by atoms with van der Waals surface area (Å²) in [4.78, 5) is 11.0. The van der Waals surface area contributed by atoms with Gasteiger partial charge in [0, 0.05) is 6.42 Å². The zero-order valence-corrected chi connectivity index (χ0v) is 12.1. The van der Waals surface area contributed by atoms with Gasteiger partial charge in [-0.15, -0.1) is 0 Å². The number of hydrogen-bond acceptors (Lipinski definition) is 2. The van der Waals surface area contributed by atoms with Gasteiger partial charge in [-0.05, 0) is 42.4 Å². The van der Waals surface area contributed by atoms with Crippen molar-refractivity contribution in [2.75, 3.05) is 7.11 Å². The summed E-state index contributed by atoms with van der Waals surface area (Å²) in [6.07, 6.45) is 1.57. The molecule has 0 aliphatic rings. The van der Waals surface area contributed by atoms with Gasteiger partial charge in [-0.2, -0.15) is 0 Å². The number of Topliss-reactive ketones (excluding diaryl/α,β-unsaturated/α-hetero) is 1. The second-order valence-corrected chi connectivity index (χ2v) is 5.30. The maximum absolute atomic E-state index is 11.0. The van der Waals surface area contributed by atoms with Crippen LogP contribution in [0.15, 0.2) is 18.2 Å². The Hall–Kier alpha value is -1.31. The molecule has 2 nitrogen and oxygen atoms in total. The van der Waals surface area contributed by atoms with Gasteiger partial charge in [-0.25, -0.2) is 0 Å². The number of carbonyl (C=O) groups excluding carboxylic acids is 1. The Morgan fingerprint density at radius 3 is 2.44 bits per heavy atom. The summed E-state index contributed by atoms with van der Waals surface area (Å²) in [5, 5.41) is 0. The van der Waals surface area contributed by atoms with Gasteiger partial charge in [-0.3, -0.25) is 0 Å². The Morgan fingerprint density at radius 1 is 1.28 bits per heavy atom. The molecule has 1 aromatic rings. The Morgan fingerprint density at radius 2 is 1.94 bits per heavy atom. The fraction of sp³-hybridized carbons (Fsp3) is 0.562. The van der Waals surface area contributed by atoms with Crippen molar-refractivity contribution in [3.8, 4) is 5.75 Å². The quantitative estimate of drug-likeness (QED) is 0.750. The Labute approximate surface area is 110 Å². The van der Waals surface area contributed by atoms with Crippen LogP contribution in [0.25, 0.3) is 0 Å². The molecule has 0 fully saturated rings. The average molecular weight is 248 g/mol. The first-order valence-electron chi connectivity index (χ1n) is 6.63. The first kappa shape index (κ1) is 14.7. The molecule has 0 aromatic heterocycles. The van der Waals surface area contributed by atoms with Crippen LogP contribution >= 0.6 is 0 Å². The minimum absolute atomic E-state index is 0.263. The second-order valence-electron chi connectivity index (χ2n) is 5.30. The summed E-state index contributed by atoms with van der Waals surface area (Å²) in [6.45, 7) is 8.17. The molecule has 0 saturated carbocycles. The van der Waals surface area contributed by atoms with E-state index in [9.17, 15) is 4.79 Å². The monoisotopic (exact) mass is 248 g/mol. The standard InChI is InChI=1S/C16H24O2/c1-11(2)15-10-14(8-9-16(15)18-5)12(3)6-7-13(4)17/h8-12H,6-7H2,1-5H3. The van der Waals surface area contributed by atoms with Crippen LogP contribution in [0.2, 0.25) is 0 Å². The third-order valence-electron chi connectivity index (χ3n) is 3.37. The van der Waals surface area contributed by atoms with Crippen molar-refractivity contribution >= 4 is 5.78 Å². The van der Waals surface area contributed by atoms with E-state index in [4.69, 9.17) is 4.74 Å². The first-order valence-corrected chi connectivity index (χ1v) is 6.63. The van der Waals surface area contributed by atoms with Crippen LogP contribution in [-0.4, -0.2) is 12.9 Å². The molecule has 0 aliphatic heterocycles. The molecule has 1 aromatic carbocycles. The van der Waals surface area contributed by atoms with Gasteiger partial charge in [0.1, 0.15) is 11.5 Å². The van der Waals surface area contributed by atoms with Gasteiger partial charge < -0.3 is 9.53 Å². The molecule has 0 heterocycles. The molecule has 0 radical (unpaired) electrons. The number of carbonyl (C=O) groups is 1. The van der Waals surface area contributed by atoms with Crippen LogP contribution in [0.1, 0.15) is 63.5 Å². The van der Waals surface area contributed by atoms with Crippen LogP contribution in [0.4, 0.5) is 0 Å². The fourth-order valence-electron chi connectivity index (χ4n) is 2.10. The lowest BCUT2D eigenvalue weighted by atomic mass is 9.91. The lowest BCUT2D eigenvalue weighted by Crippen LogP contribution is -2.01. The summed E-state index contributed by atoms with van der Waals surface area (Å²) in [5.74, 6) is 2.07. The van der Waals surface area contributed by atoms with Crippen molar-refractivity contribution < 1.29 is 9.53 Å². The lowest BCUT2D eigenvalue weighted by molar-refractivity contribution is -0.117. The molecule has 0 saturated heterocycles. The van der Waals surface area contributed by atoms with E-state index in [1.807, 2.05) is 6.07 Å². The van der Waals surface area contributed by atoms with Crippen molar-refractivity contribution in [2.45, 2.75) is 52.4 Å². The second kappa shape index (κ2) is 6.58. The van der Waals surface area contributed by atoms with Crippen LogP contribution < -0.4 is 4.74 Å². The number of ketones is 1. The molecule has 0 bridgehead atoms. The van der Waals surface area contributed by atoms with Gasteiger partial charge in [0.15, 0.2) is 0 Å². The predicted molar refractivity (Wildman–Crippen MR) is 75.4 cm³/mol. The van der Waals surface area contributed by atoms with Crippen molar-refractivity contribution in [2.24, 2.45) is 0 Å². The number of rotatable bonds is 6. The van der Waals surface area contributed by atoms with Gasteiger partial charge in [0.2, 0.25) is 0 Å². The minimum Gasteiger partial charge on any atom is -0.496 e. The summed E-state index contributed by atoms with van der Waals surface area (Å²) in [5.41, 5.74) is 2.53. The van der Waals surface area contributed by atoms with E-state index < -0.39 is 0 Å². The minimum atomic E-state index is 0.263. The summed E-state index contributed by atoms with van der Waals surface area (Å²) in [7, 11) is 1.71. The van der Waals surface area contributed by atoms with E-state index in [2.05, 4.69) is 32.9 Å². The third kappa shape index (κ3) is 3.86. The van der Waals surface area contributed by atoms with Crippen LogP contribution in [-0.2, 0) is 4.79 Å². The van der Waals surface area contributed by atoms with E-state index >= 15 is 0 Å². The average Bonchev–Trinajstić information content (AvgIpc) is 2.34. The van der Waals surface area contributed by atoms with E-state index in [1.54, 1.807) is 14.0 Å². The molecule has 100 valence electrons. The van der Waals surface area contributed by atoms with E-state index in [1.165, 1.54) is 11.1 Å². The van der Waals surface area contributed by atoms with Gasteiger partial charge >= 0.3 is 0 Å². The molecule has 2 heteroatoms. The molecule has 1 unspecified atom stereocenters. The highest BCUT2D eigenvalue weighted by atomic mass is 16.5. The van der Waals surface area contributed by atoms with Crippen LogP contribution in [0.5, 0.6) is 5.75 Å². The topological polar surface area (TPSA) is 26.3 Å². The lowest BCUT2D eigenvalue weighted by Gasteiger charge is -2.17. The van der Waals surface area contributed by atoms with Crippen molar-refractivity contribution in [1.82, 2.24) is 0 Å². The van der Waals surface area contributed by atoms with Gasteiger partial charge in [0.05, 0.1) is 7.11 Å². The van der Waals surface area contributed by atoms with Crippen molar-refractivity contribution in [3.05, 3.63) is 29.3 Å². The molecule has 0 amide bonds. The summed E-state index contributed by atoms with van der Waals surface area (Å²) < 4.78 is 5.39. The zero-order chi connectivity index (χ0) is 13.7. The van der Waals surface area contributed by atoms with Gasteiger partial charge in [-0.1, -0.05) is 32.9 Å². The highest BCUT2D eigenvalue weighted by Gasteiger charge is 2.12. The van der Waals surface area contributed by atoms with E-state index in [0.717, 1.165) is 12.2 Å². The summed E-state index contributed by atoms with van der Waals surface area (Å²) >= 11 is 0. The summed E-state index contributed by atoms with van der Waals surface area (Å²) in [6, 6.07) is 6.36. The number of hydrogen-bond donors (Lipinski definition) is 0. The molecular weight excluding hydrogens is 224 g/mol. The Bertz CT molecular complexity index is 408. The molecule has 0 aliphatic carbocycles. The maximum atomic E-state index is 11.0. The van der Waals surface area contributed by atoms with Crippen LogP contribution in [0.3, 0.4) is 0 Å². The predicted octanol–water partition coefficient (Wildman–Crippen LogP) is 4.29. The highest BCUT2D eigenvalue weighted by molar-refractivity contribution is 5.75. The first-order chi connectivity index (χ1) is 8.45. The van der Waals surface area contributed by atoms with E-state index in [0.29, 0.717) is 18.3 Å². The molecule has 18 heavy (non-hydrogen) atoms. The third-order valence-corrected chi connectivity index (χ3v) is 3.37. The van der Waals surface area contributed by atoms with E-state index in [-0.39, 0.29) is 5.78 Å². The SMILES string of the molecule is COc1ccc(C(C)CCC(C)=O)cc1C(C)C. The van der Waals surface area contributed by atoms with Crippen LogP contribution in [0, 0.1) is 0 Å². The molecule has 1 rings (SSSR count). The Kier molecular flexibility index (Phi) is 5.39. The van der Waals surface area contributed by atoms with Crippen molar-refractivity contribution in [1.29, 1.82) is 0 Å². The maximum Gasteiger partial charge on any atom is 0.129 e. The Balaban J connectivity index is 2.90. The number of ether oxygens (including phenoxy) is 1. The molecule has 0 N–H and O–H groups in total. The molecular formula is C16H24O2. The number of methoxy groups -OCH3 is 1. The molecule has 0 spiro atoms. The fourth-order valence-corrected chi connectivity index (χ4v) is 2.10. The normalized spacial score (nSPS) is 12.6. The van der Waals surface area contributed by atoms with Gasteiger partial charge in [0.25, 0.3) is 0 Å². The molecule has 1 atom stereocenters.